The number of para-hydroxylation sites is 1. The number of ether oxygens (including phenoxy) is 1. The molecule has 1 aliphatic heterocycles. The molecule has 0 amide bonds. The Bertz CT molecular complexity index is 1250. The maximum Gasteiger partial charge on any atom is 0.123 e. The second kappa shape index (κ2) is 10.6. The minimum absolute atomic E-state index is 0.151. The van der Waals surface area contributed by atoms with Crippen LogP contribution in [-0.2, 0) is 6.42 Å². The normalized spacial score (nSPS) is 18.3. The third-order valence-corrected chi connectivity index (χ3v) is 7.25. The van der Waals surface area contributed by atoms with Crippen LogP contribution in [0.1, 0.15) is 59.9 Å². The van der Waals surface area contributed by atoms with Crippen molar-refractivity contribution >= 4 is 22.4 Å². The van der Waals surface area contributed by atoms with Gasteiger partial charge >= 0.3 is 0 Å². The Labute approximate surface area is 207 Å². The lowest BCUT2D eigenvalue weighted by molar-refractivity contribution is 0.155. The summed E-state index contributed by atoms with van der Waals surface area (Å²) in [6.07, 6.45) is 4.33. The summed E-state index contributed by atoms with van der Waals surface area (Å²) in [4.78, 5) is 0. The average Bonchev–Trinajstić information content (AvgIpc) is 2.88. The summed E-state index contributed by atoms with van der Waals surface area (Å²) in [5, 5.41) is 5.95. The summed E-state index contributed by atoms with van der Waals surface area (Å²) in [5.41, 5.74) is 5.00. The number of aryl methyl sites for hydroxylation is 1. The van der Waals surface area contributed by atoms with Gasteiger partial charge in [-0.15, -0.1) is 11.6 Å². The van der Waals surface area contributed by atoms with Crippen LogP contribution in [0.4, 0.5) is 0 Å². The van der Waals surface area contributed by atoms with Crippen LogP contribution < -0.4 is 10.1 Å². The molecule has 0 aliphatic carbocycles. The molecule has 0 bridgehead atoms. The van der Waals surface area contributed by atoms with Crippen molar-refractivity contribution in [2.24, 2.45) is 0 Å². The standard InChI is InChI=1S/C31H32ClNO/c1-2-9-22-10-7-13-24(20-22)29-21-25(34-30-17-6-5-15-27(29)30)18-19-33-31(32)28-16-8-12-23-11-3-4-14-26(23)28/h3-8,10-17,20,25,29,31,33H,2,9,18-19,21H2,1H3. The topological polar surface area (TPSA) is 21.3 Å². The third kappa shape index (κ3) is 4.99. The molecule has 3 unspecified atom stereocenters. The van der Waals surface area contributed by atoms with Crippen LogP contribution in [0.2, 0.25) is 0 Å². The van der Waals surface area contributed by atoms with E-state index in [0.717, 1.165) is 37.1 Å². The van der Waals surface area contributed by atoms with Gasteiger partial charge in [0, 0.05) is 18.0 Å². The summed E-state index contributed by atoms with van der Waals surface area (Å²) < 4.78 is 6.44. The zero-order valence-electron chi connectivity index (χ0n) is 19.7. The average molecular weight is 470 g/mol. The molecule has 1 N–H and O–H groups in total. The molecule has 0 spiro atoms. The Kier molecular flexibility index (Phi) is 7.18. The minimum atomic E-state index is -0.233. The maximum atomic E-state index is 6.80. The monoisotopic (exact) mass is 469 g/mol. The molecule has 1 heterocycles. The van der Waals surface area contributed by atoms with E-state index in [9.17, 15) is 0 Å². The smallest absolute Gasteiger partial charge is 0.123 e. The second-order valence-electron chi connectivity index (χ2n) is 9.23. The lowest BCUT2D eigenvalue weighted by Crippen LogP contribution is -2.30. The quantitative estimate of drug-likeness (QED) is 0.208. The van der Waals surface area contributed by atoms with E-state index in [1.807, 2.05) is 0 Å². The van der Waals surface area contributed by atoms with Crippen LogP contribution in [0.25, 0.3) is 10.8 Å². The number of benzene rings is 4. The van der Waals surface area contributed by atoms with E-state index >= 15 is 0 Å². The summed E-state index contributed by atoms with van der Waals surface area (Å²) in [6, 6.07) is 32.4. The molecule has 174 valence electrons. The molecule has 0 aromatic heterocycles. The summed E-state index contributed by atoms with van der Waals surface area (Å²) in [6.45, 7) is 3.04. The number of alkyl halides is 1. The summed E-state index contributed by atoms with van der Waals surface area (Å²) in [7, 11) is 0. The van der Waals surface area contributed by atoms with E-state index in [4.69, 9.17) is 16.3 Å². The van der Waals surface area contributed by atoms with Crippen LogP contribution in [0.3, 0.4) is 0 Å². The van der Waals surface area contributed by atoms with Gasteiger partial charge in [-0.05, 0) is 52.8 Å². The van der Waals surface area contributed by atoms with Crippen molar-refractivity contribution in [3.8, 4) is 5.75 Å². The van der Waals surface area contributed by atoms with Gasteiger partial charge in [-0.25, -0.2) is 0 Å². The Balaban J connectivity index is 1.29. The van der Waals surface area contributed by atoms with Gasteiger partial charge in [0.1, 0.15) is 17.4 Å². The molecule has 34 heavy (non-hydrogen) atoms. The molecular weight excluding hydrogens is 438 g/mol. The highest BCUT2D eigenvalue weighted by atomic mass is 35.5. The predicted octanol–water partition coefficient (Wildman–Crippen LogP) is 7.99. The Morgan fingerprint density at radius 2 is 1.74 bits per heavy atom. The zero-order valence-corrected chi connectivity index (χ0v) is 20.5. The Morgan fingerprint density at radius 3 is 2.65 bits per heavy atom. The fourth-order valence-corrected chi connectivity index (χ4v) is 5.49. The first-order valence-electron chi connectivity index (χ1n) is 12.4. The molecule has 4 aromatic carbocycles. The van der Waals surface area contributed by atoms with Gasteiger partial charge in [0.25, 0.3) is 0 Å². The molecule has 0 fully saturated rings. The second-order valence-corrected chi connectivity index (χ2v) is 9.67. The number of halogens is 1. The van der Waals surface area contributed by atoms with E-state index in [2.05, 4.69) is 103 Å². The number of hydrogen-bond acceptors (Lipinski definition) is 2. The van der Waals surface area contributed by atoms with Crippen molar-refractivity contribution in [2.45, 2.75) is 50.1 Å². The summed E-state index contributed by atoms with van der Waals surface area (Å²) in [5.74, 6) is 1.37. The third-order valence-electron chi connectivity index (χ3n) is 6.87. The van der Waals surface area contributed by atoms with E-state index in [-0.39, 0.29) is 11.6 Å². The fourth-order valence-electron chi connectivity index (χ4n) is 5.19. The highest BCUT2D eigenvalue weighted by molar-refractivity contribution is 6.21. The van der Waals surface area contributed by atoms with Gasteiger partial charge in [-0.1, -0.05) is 98.3 Å². The molecule has 0 saturated heterocycles. The number of rotatable bonds is 8. The molecule has 5 rings (SSSR count). The van der Waals surface area contributed by atoms with Crippen molar-refractivity contribution in [3.05, 3.63) is 113 Å². The van der Waals surface area contributed by atoms with Gasteiger partial charge in [0.15, 0.2) is 0 Å². The van der Waals surface area contributed by atoms with Crippen molar-refractivity contribution in [1.29, 1.82) is 0 Å². The zero-order chi connectivity index (χ0) is 23.3. The minimum Gasteiger partial charge on any atom is -0.490 e. The van der Waals surface area contributed by atoms with Gasteiger partial charge < -0.3 is 4.74 Å². The number of nitrogens with one attached hydrogen (secondary N) is 1. The number of hydrogen-bond donors (Lipinski definition) is 1. The SMILES string of the molecule is CCCc1cccc(C2CC(CCNC(Cl)c3cccc4ccccc34)Oc3ccccc32)c1. The van der Waals surface area contributed by atoms with Crippen LogP contribution in [0.5, 0.6) is 5.75 Å². The summed E-state index contributed by atoms with van der Waals surface area (Å²) >= 11 is 6.80. The largest absolute Gasteiger partial charge is 0.490 e. The van der Waals surface area contributed by atoms with Crippen molar-refractivity contribution in [3.63, 3.8) is 0 Å². The van der Waals surface area contributed by atoms with Crippen LogP contribution in [-0.4, -0.2) is 12.6 Å². The predicted molar refractivity (Wildman–Crippen MR) is 143 cm³/mol. The van der Waals surface area contributed by atoms with Crippen LogP contribution >= 0.6 is 11.6 Å². The molecule has 0 radical (unpaired) electrons. The van der Waals surface area contributed by atoms with E-state index in [1.165, 1.54) is 33.9 Å². The molecule has 3 heteroatoms. The lowest BCUT2D eigenvalue weighted by atomic mass is 9.83. The van der Waals surface area contributed by atoms with E-state index < -0.39 is 0 Å². The first-order valence-corrected chi connectivity index (χ1v) is 12.9. The van der Waals surface area contributed by atoms with Gasteiger partial charge in [0.05, 0.1) is 0 Å². The van der Waals surface area contributed by atoms with Gasteiger partial charge in [-0.2, -0.15) is 0 Å². The van der Waals surface area contributed by atoms with Crippen molar-refractivity contribution in [1.82, 2.24) is 5.32 Å². The number of fused-ring (bicyclic) bond motifs is 2. The highest BCUT2D eigenvalue weighted by Gasteiger charge is 2.29. The Morgan fingerprint density at radius 1 is 0.941 bits per heavy atom. The maximum absolute atomic E-state index is 6.80. The van der Waals surface area contributed by atoms with Gasteiger partial charge in [0.2, 0.25) is 0 Å². The molecule has 3 atom stereocenters. The van der Waals surface area contributed by atoms with Crippen LogP contribution in [0, 0.1) is 0 Å². The van der Waals surface area contributed by atoms with E-state index in [0.29, 0.717) is 5.92 Å². The van der Waals surface area contributed by atoms with Gasteiger partial charge in [-0.3, -0.25) is 5.32 Å². The molecule has 0 saturated carbocycles. The molecule has 4 aromatic rings. The first-order chi connectivity index (χ1) is 16.7. The Hall–Kier alpha value is -2.81. The molecule has 1 aliphatic rings. The van der Waals surface area contributed by atoms with Crippen molar-refractivity contribution < 1.29 is 4.74 Å². The van der Waals surface area contributed by atoms with Crippen molar-refractivity contribution in [2.75, 3.05) is 6.54 Å². The molecular formula is C31H32ClNO. The van der Waals surface area contributed by atoms with E-state index in [1.54, 1.807) is 0 Å². The van der Waals surface area contributed by atoms with Crippen LogP contribution in [0.15, 0.2) is 91.0 Å². The lowest BCUT2D eigenvalue weighted by Gasteiger charge is -2.33. The molecule has 2 nitrogen and oxygen atoms in total. The highest BCUT2D eigenvalue weighted by Crippen LogP contribution is 2.41. The first kappa shape index (κ1) is 23.0. The fraction of sp³-hybridized carbons (Fsp3) is 0.290.